The van der Waals surface area contributed by atoms with Gasteiger partial charge in [-0.25, -0.2) is 9.59 Å². The van der Waals surface area contributed by atoms with E-state index in [9.17, 15) is 60.0 Å². The van der Waals surface area contributed by atoms with Crippen LogP contribution in [0.2, 0.25) is 0 Å². The largest absolute Gasteiger partial charge is 0.468 e. The van der Waals surface area contributed by atoms with Crippen molar-refractivity contribution in [2.75, 3.05) is 34.0 Å². The number of carbonyl (C=O) groups is 4. The number of allylic oxidation sites excluding steroid dienone is 3. The van der Waals surface area contributed by atoms with Crippen LogP contribution in [0.1, 0.15) is 53.4 Å². The topological polar surface area (TPSA) is 322 Å². The second-order valence-electron chi connectivity index (χ2n) is 16.1. The average Bonchev–Trinajstić information content (AvgIpc) is 3.30. The summed E-state index contributed by atoms with van der Waals surface area (Å²) in [6, 6.07) is 0. The number of methoxy groups -OCH3 is 2. The first-order valence-electron chi connectivity index (χ1n) is 21.1. The van der Waals surface area contributed by atoms with Gasteiger partial charge in [0.15, 0.2) is 12.6 Å². The number of rotatable bonds is 19. The van der Waals surface area contributed by atoms with Crippen molar-refractivity contribution >= 4 is 23.9 Å². The molecule has 0 saturated carbocycles. The van der Waals surface area contributed by atoms with E-state index < -0.39 is 135 Å². The summed E-state index contributed by atoms with van der Waals surface area (Å²) in [5, 5.41) is 83.4. The molecule has 4 aliphatic heterocycles. The van der Waals surface area contributed by atoms with E-state index >= 15 is 0 Å². The molecule has 2 saturated heterocycles. The van der Waals surface area contributed by atoms with E-state index in [2.05, 4.69) is 6.58 Å². The molecule has 0 aromatic heterocycles. The molecule has 4 aliphatic rings. The molecular formula is C44H62O22. The highest BCUT2D eigenvalue weighted by atomic mass is 16.8. The summed E-state index contributed by atoms with van der Waals surface area (Å²) < 4.78 is 54.9. The second-order valence-corrected chi connectivity index (χ2v) is 16.1. The van der Waals surface area contributed by atoms with E-state index in [-0.39, 0.29) is 35.3 Å². The third kappa shape index (κ3) is 13.3. The monoisotopic (exact) mass is 942 g/mol. The van der Waals surface area contributed by atoms with Gasteiger partial charge in [0.25, 0.3) is 0 Å². The summed E-state index contributed by atoms with van der Waals surface area (Å²) in [7, 11) is 2.23. The summed E-state index contributed by atoms with van der Waals surface area (Å²) in [6.07, 6.45) is -12.0. The first-order valence-corrected chi connectivity index (χ1v) is 21.1. The van der Waals surface area contributed by atoms with Gasteiger partial charge >= 0.3 is 23.9 Å². The molecule has 1 unspecified atom stereocenters. The molecule has 0 bridgehead atoms. The summed E-state index contributed by atoms with van der Waals surface area (Å²) in [5.41, 5.74) is -0.236. The predicted molar refractivity (Wildman–Crippen MR) is 222 cm³/mol. The molecule has 2 fully saturated rings. The number of ether oxygens (including phenoxy) is 10. The van der Waals surface area contributed by atoms with E-state index in [1.807, 2.05) is 6.08 Å². The van der Waals surface area contributed by atoms with Crippen LogP contribution in [-0.2, 0) is 66.5 Å². The van der Waals surface area contributed by atoms with Gasteiger partial charge in [-0.1, -0.05) is 24.3 Å². The third-order valence-electron chi connectivity index (χ3n) is 11.5. The van der Waals surface area contributed by atoms with Gasteiger partial charge in [-0.05, 0) is 46.1 Å². The molecule has 22 heteroatoms. The molecule has 22 nitrogen and oxygen atoms in total. The average molecular weight is 943 g/mol. The van der Waals surface area contributed by atoms with Gasteiger partial charge in [-0.3, -0.25) is 9.59 Å². The Morgan fingerprint density at radius 1 is 0.727 bits per heavy atom. The lowest BCUT2D eigenvalue weighted by atomic mass is 9.86. The molecule has 4 rings (SSSR count). The summed E-state index contributed by atoms with van der Waals surface area (Å²) >= 11 is 0. The fraction of sp³-hybridized carbons (Fsp3) is 0.636. The van der Waals surface area contributed by atoms with Crippen molar-refractivity contribution in [2.45, 2.75) is 133 Å². The van der Waals surface area contributed by atoms with Crippen molar-refractivity contribution in [2.24, 2.45) is 11.8 Å². The lowest BCUT2D eigenvalue weighted by Crippen LogP contribution is -2.60. The fourth-order valence-electron chi connectivity index (χ4n) is 7.43. The van der Waals surface area contributed by atoms with Crippen LogP contribution >= 0.6 is 0 Å². The van der Waals surface area contributed by atoms with Crippen LogP contribution in [0.15, 0.2) is 71.3 Å². The summed E-state index contributed by atoms with van der Waals surface area (Å²) in [4.78, 5) is 52.2. The van der Waals surface area contributed by atoms with Crippen molar-refractivity contribution in [3.8, 4) is 0 Å². The van der Waals surface area contributed by atoms with Crippen LogP contribution in [-0.4, -0.2) is 178 Å². The van der Waals surface area contributed by atoms with E-state index in [1.54, 1.807) is 20.8 Å². The molecule has 370 valence electrons. The van der Waals surface area contributed by atoms with Gasteiger partial charge in [0.05, 0.1) is 62.9 Å². The molecule has 0 spiro atoms. The van der Waals surface area contributed by atoms with E-state index in [4.69, 9.17) is 47.4 Å². The van der Waals surface area contributed by atoms with Gasteiger partial charge in [0, 0.05) is 23.0 Å². The lowest BCUT2D eigenvalue weighted by Gasteiger charge is -2.42. The minimum atomic E-state index is -1.92. The van der Waals surface area contributed by atoms with Crippen LogP contribution in [0.4, 0.5) is 0 Å². The number of carbonyl (C=O) groups excluding carboxylic acids is 4. The highest BCUT2D eigenvalue weighted by Crippen LogP contribution is 2.38. The van der Waals surface area contributed by atoms with Gasteiger partial charge < -0.3 is 88.2 Å². The first kappa shape index (κ1) is 54.0. The Bertz CT molecular complexity index is 1870. The quantitative estimate of drug-likeness (QED) is 0.0442. The Hall–Kier alpha value is -4.56. The summed E-state index contributed by atoms with van der Waals surface area (Å²) in [5.74, 6) is -5.57. The van der Waals surface area contributed by atoms with Crippen LogP contribution in [0.25, 0.3) is 0 Å². The highest BCUT2D eigenvalue weighted by Gasteiger charge is 2.49. The molecule has 0 amide bonds. The Morgan fingerprint density at radius 2 is 1.18 bits per heavy atom. The normalized spacial score (nSPS) is 34.7. The minimum absolute atomic E-state index is 0.0609. The zero-order valence-electron chi connectivity index (χ0n) is 37.5. The molecule has 0 aromatic rings. The third-order valence-corrected chi connectivity index (χ3v) is 11.5. The molecule has 0 aromatic carbocycles. The minimum Gasteiger partial charge on any atom is -0.468 e. The van der Waals surface area contributed by atoms with Crippen molar-refractivity contribution in [3.05, 3.63) is 71.3 Å². The molecule has 0 radical (unpaired) electrons. The number of esters is 4. The summed E-state index contributed by atoms with van der Waals surface area (Å²) in [6.45, 7) is 8.51. The van der Waals surface area contributed by atoms with Gasteiger partial charge in [0.2, 0.25) is 12.6 Å². The molecule has 0 aliphatic carbocycles. The number of aliphatic hydroxyl groups is 8. The van der Waals surface area contributed by atoms with Crippen molar-refractivity contribution in [3.63, 3.8) is 0 Å². The van der Waals surface area contributed by atoms with Crippen LogP contribution in [0, 0.1) is 11.8 Å². The Kier molecular flexibility index (Phi) is 20.0. The zero-order valence-corrected chi connectivity index (χ0v) is 37.5. The number of aliphatic hydroxyl groups excluding tert-OH is 7. The second kappa shape index (κ2) is 24.5. The van der Waals surface area contributed by atoms with Gasteiger partial charge in [0.1, 0.15) is 62.0 Å². The van der Waals surface area contributed by atoms with Gasteiger partial charge in [-0.15, -0.1) is 6.58 Å². The Balaban J connectivity index is 1.44. The smallest absolute Gasteiger partial charge is 0.337 e. The maximum atomic E-state index is 13.5. The lowest BCUT2D eigenvalue weighted by molar-refractivity contribution is -0.328. The standard InChI is InChI=1S/C44H62O22/c1-8-22-24(14-30(46)59-17-21(4)12-11-13-44(5,56)10-3)26(38(54)57-6)18-62-41(22)66-43-37(53)35(51)33(49)29(64-43)20-60-31(47)15-25-23(9-2)40(61-19-27(25)39(55)58-7)65-42-36(52)34(50)32(48)28(16-45)63-42/h8-10,12,18-19,24-25,28-29,32-37,40-43,45,48-53,56H,3,11,13-17,20H2,1-2,4-7H3/b21-12+,22-8+,23-9+/t24-,25-,28+,29+,32+,33+,34-,35-,36+,37+,40-,41-,42-,43-,44?/m0/s1. The number of hydrogen-bond donors (Lipinski definition) is 8. The molecular weight excluding hydrogens is 880 g/mol. The maximum Gasteiger partial charge on any atom is 0.337 e. The molecule has 8 N–H and O–H groups in total. The molecule has 15 atom stereocenters. The number of hydrogen-bond acceptors (Lipinski definition) is 22. The zero-order chi connectivity index (χ0) is 49.0. The van der Waals surface area contributed by atoms with Crippen molar-refractivity contribution in [1.29, 1.82) is 0 Å². The van der Waals surface area contributed by atoms with Crippen LogP contribution < -0.4 is 0 Å². The SMILES string of the molecule is C=CC(C)(O)CC/C=C(\C)COC(=O)C[C@@H]1C(C(=O)OC)=CO[C@@H](O[C@@H]2O[C@H](COC(=O)C[C@@H]3C(C(=O)OC)=CO[C@@H](O[C@@H]4O[C@H](CO)[C@@H](O)[C@H](O)[C@H]4O)/C3=C/C)[C@@H](O)[C@H](O)[C@H]2O)/C1=C/C. The van der Waals surface area contributed by atoms with E-state index in [1.165, 1.54) is 25.2 Å². The molecule has 4 heterocycles. The molecule has 66 heavy (non-hydrogen) atoms. The maximum absolute atomic E-state index is 13.5. The Labute approximate surface area is 380 Å². The Morgan fingerprint density at radius 3 is 1.62 bits per heavy atom. The van der Waals surface area contributed by atoms with Gasteiger partial charge in [-0.2, -0.15) is 0 Å². The van der Waals surface area contributed by atoms with Crippen LogP contribution in [0.5, 0.6) is 0 Å². The van der Waals surface area contributed by atoms with E-state index in [0.717, 1.165) is 26.7 Å². The van der Waals surface area contributed by atoms with E-state index in [0.29, 0.717) is 18.4 Å². The van der Waals surface area contributed by atoms with Crippen molar-refractivity contribution in [1.82, 2.24) is 0 Å². The first-order chi connectivity index (χ1) is 31.2. The predicted octanol–water partition coefficient (Wildman–Crippen LogP) is -0.891. The highest BCUT2D eigenvalue weighted by molar-refractivity contribution is 5.91. The van der Waals surface area contributed by atoms with Crippen molar-refractivity contribution < 1.29 is 107 Å². The van der Waals surface area contributed by atoms with Crippen LogP contribution in [0.3, 0.4) is 0 Å². The fourth-order valence-corrected chi connectivity index (χ4v) is 7.43.